The van der Waals surface area contributed by atoms with E-state index in [-0.39, 0.29) is 11.8 Å². The zero-order valence-electron chi connectivity index (χ0n) is 7.92. The number of carbonyl (C=O) groups is 1. The molecule has 0 saturated carbocycles. The molecule has 0 aromatic rings. The Balaban J connectivity index is 2.51. The highest BCUT2D eigenvalue weighted by Crippen LogP contribution is 2.18. The van der Waals surface area contributed by atoms with Crippen molar-refractivity contribution in [2.45, 2.75) is 32.7 Å². The lowest BCUT2D eigenvalue weighted by Crippen LogP contribution is -2.39. The van der Waals surface area contributed by atoms with Crippen LogP contribution in [-0.4, -0.2) is 29.9 Å². The molecule has 1 heterocycles. The fraction of sp³-hybridized carbons (Fsp3) is 0.889. The van der Waals surface area contributed by atoms with Gasteiger partial charge >= 0.3 is 0 Å². The Morgan fingerprint density at radius 2 is 2.42 bits per heavy atom. The third-order valence-electron chi connectivity index (χ3n) is 2.61. The van der Waals surface area contributed by atoms with Gasteiger partial charge in [0.15, 0.2) is 0 Å². The predicted octanol–water partition coefficient (Wildman–Crippen LogP) is 0.592. The minimum absolute atomic E-state index is 0.00875. The fourth-order valence-electron chi connectivity index (χ4n) is 1.64. The molecule has 1 aliphatic rings. The van der Waals surface area contributed by atoms with E-state index in [2.05, 4.69) is 6.92 Å². The normalized spacial score (nSPS) is 25.9. The molecular formula is C9H18N2O. The topological polar surface area (TPSA) is 46.3 Å². The molecular weight excluding hydrogens is 152 g/mol. The van der Waals surface area contributed by atoms with Crippen LogP contribution >= 0.6 is 0 Å². The molecule has 0 spiro atoms. The van der Waals surface area contributed by atoms with E-state index in [9.17, 15) is 4.79 Å². The van der Waals surface area contributed by atoms with Gasteiger partial charge in [-0.3, -0.25) is 4.79 Å². The van der Waals surface area contributed by atoms with Gasteiger partial charge in [-0.15, -0.1) is 0 Å². The van der Waals surface area contributed by atoms with Gasteiger partial charge in [0.05, 0.1) is 0 Å². The summed E-state index contributed by atoms with van der Waals surface area (Å²) < 4.78 is 0. The molecule has 70 valence electrons. The van der Waals surface area contributed by atoms with Crippen LogP contribution in [0.1, 0.15) is 26.7 Å². The van der Waals surface area contributed by atoms with Crippen molar-refractivity contribution in [3.05, 3.63) is 0 Å². The summed E-state index contributed by atoms with van der Waals surface area (Å²) in [5, 5.41) is 0. The van der Waals surface area contributed by atoms with E-state index in [1.165, 1.54) is 0 Å². The Kier molecular flexibility index (Phi) is 3.09. The zero-order valence-corrected chi connectivity index (χ0v) is 7.92. The molecule has 1 fully saturated rings. The van der Waals surface area contributed by atoms with Crippen molar-refractivity contribution in [1.82, 2.24) is 4.90 Å². The van der Waals surface area contributed by atoms with Crippen molar-refractivity contribution in [2.24, 2.45) is 11.7 Å². The van der Waals surface area contributed by atoms with Gasteiger partial charge in [0, 0.05) is 25.0 Å². The van der Waals surface area contributed by atoms with Gasteiger partial charge in [-0.1, -0.05) is 6.92 Å². The maximum atomic E-state index is 11.6. The molecule has 2 unspecified atom stereocenters. The van der Waals surface area contributed by atoms with Crippen LogP contribution in [0.3, 0.4) is 0 Å². The number of rotatable bonds is 2. The van der Waals surface area contributed by atoms with Gasteiger partial charge in [-0.05, 0) is 19.8 Å². The first kappa shape index (κ1) is 9.52. The largest absolute Gasteiger partial charge is 0.340 e. The van der Waals surface area contributed by atoms with E-state index >= 15 is 0 Å². The van der Waals surface area contributed by atoms with Crippen LogP contribution in [0.5, 0.6) is 0 Å². The van der Waals surface area contributed by atoms with Crippen molar-refractivity contribution in [3.63, 3.8) is 0 Å². The number of hydrogen-bond acceptors (Lipinski definition) is 2. The first-order valence-electron chi connectivity index (χ1n) is 4.67. The van der Waals surface area contributed by atoms with Crippen molar-refractivity contribution >= 4 is 5.91 Å². The van der Waals surface area contributed by atoms with E-state index in [4.69, 9.17) is 5.73 Å². The SMILES string of the molecule is CC(CN)C(=O)N1CCCC1C. The molecule has 0 aromatic carbocycles. The predicted molar refractivity (Wildman–Crippen MR) is 48.6 cm³/mol. The third-order valence-corrected chi connectivity index (χ3v) is 2.61. The molecule has 2 N–H and O–H groups in total. The van der Waals surface area contributed by atoms with E-state index < -0.39 is 0 Å². The van der Waals surface area contributed by atoms with Crippen molar-refractivity contribution in [1.29, 1.82) is 0 Å². The Morgan fingerprint density at radius 3 is 2.83 bits per heavy atom. The summed E-state index contributed by atoms with van der Waals surface area (Å²) in [6, 6.07) is 0.423. The quantitative estimate of drug-likeness (QED) is 0.659. The number of nitrogens with zero attached hydrogens (tertiary/aromatic N) is 1. The van der Waals surface area contributed by atoms with E-state index in [1.807, 2.05) is 11.8 Å². The Labute approximate surface area is 73.9 Å². The molecule has 2 atom stereocenters. The van der Waals surface area contributed by atoms with Crippen LogP contribution in [0.2, 0.25) is 0 Å². The van der Waals surface area contributed by atoms with E-state index in [1.54, 1.807) is 0 Å². The summed E-state index contributed by atoms with van der Waals surface area (Å²) in [5.74, 6) is 0.216. The highest BCUT2D eigenvalue weighted by atomic mass is 16.2. The highest BCUT2D eigenvalue weighted by Gasteiger charge is 2.27. The lowest BCUT2D eigenvalue weighted by molar-refractivity contribution is -0.135. The molecule has 1 amide bonds. The lowest BCUT2D eigenvalue weighted by Gasteiger charge is -2.24. The minimum Gasteiger partial charge on any atom is -0.340 e. The molecule has 0 bridgehead atoms. The second-order valence-corrected chi connectivity index (χ2v) is 3.66. The molecule has 3 nitrogen and oxygen atoms in total. The fourth-order valence-corrected chi connectivity index (χ4v) is 1.64. The monoisotopic (exact) mass is 170 g/mol. The maximum Gasteiger partial charge on any atom is 0.226 e. The van der Waals surface area contributed by atoms with Crippen molar-refractivity contribution in [3.8, 4) is 0 Å². The first-order chi connectivity index (χ1) is 5.66. The minimum atomic E-state index is -0.00875. The molecule has 1 aliphatic heterocycles. The zero-order chi connectivity index (χ0) is 9.14. The molecule has 3 heteroatoms. The number of amides is 1. The maximum absolute atomic E-state index is 11.6. The Morgan fingerprint density at radius 1 is 1.75 bits per heavy atom. The lowest BCUT2D eigenvalue weighted by atomic mass is 10.1. The molecule has 0 aliphatic carbocycles. The summed E-state index contributed by atoms with van der Waals surface area (Å²) in [6.07, 6.45) is 2.28. The molecule has 1 rings (SSSR count). The molecule has 0 radical (unpaired) electrons. The summed E-state index contributed by atoms with van der Waals surface area (Å²) in [5.41, 5.74) is 5.44. The summed E-state index contributed by atoms with van der Waals surface area (Å²) in [4.78, 5) is 13.6. The van der Waals surface area contributed by atoms with Crippen LogP contribution in [0.4, 0.5) is 0 Å². The summed E-state index contributed by atoms with van der Waals surface area (Å²) in [6.45, 7) is 5.38. The van der Waals surface area contributed by atoms with E-state index in [0.29, 0.717) is 12.6 Å². The van der Waals surface area contributed by atoms with Crippen molar-refractivity contribution in [2.75, 3.05) is 13.1 Å². The average Bonchev–Trinajstić information content (AvgIpc) is 2.48. The van der Waals surface area contributed by atoms with Crippen LogP contribution < -0.4 is 5.73 Å². The second kappa shape index (κ2) is 3.90. The standard InChI is InChI=1S/C9H18N2O/c1-7(6-10)9(12)11-5-3-4-8(11)2/h7-8H,3-6,10H2,1-2H3. The Bertz CT molecular complexity index is 170. The average molecular weight is 170 g/mol. The van der Waals surface area contributed by atoms with E-state index in [0.717, 1.165) is 19.4 Å². The van der Waals surface area contributed by atoms with Crippen LogP contribution in [0, 0.1) is 5.92 Å². The highest BCUT2D eigenvalue weighted by molar-refractivity contribution is 5.79. The van der Waals surface area contributed by atoms with Gasteiger partial charge < -0.3 is 10.6 Å². The van der Waals surface area contributed by atoms with Gasteiger partial charge in [0.2, 0.25) is 5.91 Å². The summed E-state index contributed by atoms with van der Waals surface area (Å²) in [7, 11) is 0. The third kappa shape index (κ3) is 1.78. The molecule has 1 saturated heterocycles. The van der Waals surface area contributed by atoms with Gasteiger partial charge in [0.25, 0.3) is 0 Å². The Hall–Kier alpha value is -0.570. The van der Waals surface area contributed by atoms with Crippen LogP contribution in [0.15, 0.2) is 0 Å². The summed E-state index contributed by atoms with van der Waals surface area (Å²) >= 11 is 0. The molecule has 0 aromatic heterocycles. The van der Waals surface area contributed by atoms with Crippen LogP contribution in [-0.2, 0) is 4.79 Å². The van der Waals surface area contributed by atoms with Crippen LogP contribution in [0.25, 0.3) is 0 Å². The van der Waals surface area contributed by atoms with Gasteiger partial charge in [0.1, 0.15) is 0 Å². The molecule has 12 heavy (non-hydrogen) atoms. The van der Waals surface area contributed by atoms with Gasteiger partial charge in [-0.25, -0.2) is 0 Å². The first-order valence-corrected chi connectivity index (χ1v) is 4.67. The number of carbonyl (C=O) groups excluding carboxylic acids is 1. The number of nitrogens with two attached hydrogens (primary N) is 1. The van der Waals surface area contributed by atoms with Crippen molar-refractivity contribution < 1.29 is 4.79 Å². The number of hydrogen-bond donors (Lipinski definition) is 1. The number of likely N-dealkylation sites (tertiary alicyclic amines) is 1. The second-order valence-electron chi connectivity index (χ2n) is 3.66. The smallest absolute Gasteiger partial charge is 0.226 e. The van der Waals surface area contributed by atoms with Gasteiger partial charge in [-0.2, -0.15) is 0 Å².